The first-order valence-corrected chi connectivity index (χ1v) is 8.90. The third kappa shape index (κ3) is 3.60. The minimum Gasteiger partial charge on any atom is -0.436 e. The van der Waals surface area contributed by atoms with Crippen LogP contribution in [0.4, 0.5) is 11.4 Å². The SMILES string of the molecule is O=[N+]([O-])c1ccccc1C=Nc1ccc2oc(-c3cc(Cl)ccc3Cl)nc2c1. The predicted molar refractivity (Wildman–Crippen MR) is 110 cm³/mol. The van der Waals surface area contributed by atoms with E-state index in [1.807, 2.05) is 0 Å². The van der Waals surface area contributed by atoms with Crippen LogP contribution in [0.25, 0.3) is 22.6 Å². The zero-order chi connectivity index (χ0) is 19.7. The van der Waals surface area contributed by atoms with E-state index in [1.165, 1.54) is 12.3 Å². The number of benzene rings is 3. The molecule has 0 radical (unpaired) electrons. The fourth-order valence-corrected chi connectivity index (χ4v) is 3.05. The van der Waals surface area contributed by atoms with Crippen molar-refractivity contribution in [2.45, 2.75) is 0 Å². The molecule has 4 rings (SSSR count). The van der Waals surface area contributed by atoms with E-state index in [4.69, 9.17) is 27.6 Å². The summed E-state index contributed by atoms with van der Waals surface area (Å²) in [6, 6.07) is 16.6. The van der Waals surface area contributed by atoms with Gasteiger partial charge < -0.3 is 4.42 Å². The van der Waals surface area contributed by atoms with Crippen molar-refractivity contribution in [2.75, 3.05) is 0 Å². The fraction of sp³-hybridized carbons (Fsp3) is 0. The molecular weight excluding hydrogens is 401 g/mol. The first-order chi connectivity index (χ1) is 13.5. The normalized spacial score (nSPS) is 11.4. The Hall–Kier alpha value is -3.22. The molecular formula is C20H11Cl2N3O3. The number of rotatable bonds is 4. The maximum Gasteiger partial charge on any atom is 0.278 e. The molecule has 138 valence electrons. The Morgan fingerprint density at radius 1 is 1.07 bits per heavy atom. The van der Waals surface area contributed by atoms with Crippen molar-refractivity contribution in [1.82, 2.24) is 4.98 Å². The van der Waals surface area contributed by atoms with Gasteiger partial charge in [-0.05, 0) is 42.5 Å². The zero-order valence-corrected chi connectivity index (χ0v) is 15.7. The Balaban J connectivity index is 1.69. The highest BCUT2D eigenvalue weighted by Crippen LogP contribution is 2.33. The van der Waals surface area contributed by atoms with Gasteiger partial charge in [0.1, 0.15) is 5.52 Å². The largest absolute Gasteiger partial charge is 0.436 e. The summed E-state index contributed by atoms with van der Waals surface area (Å²) in [7, 11) is 0. The summed E-state index contributed by atoms with van der Waals surface area (Å²) < 4.78 is 5.76. The molecule has 6 nitrogen and oxygen atoms in total. The monoisotopic (exact) mass is 411 g/mol. The second-order valence-electron chi connectivity index (χ2n) is 5.87. The summed E-state index contributed by atoms with van der Waals surface area (Å²) >= 11 is 12.2. The molecule has 0 bridgehead atoms. The Morgan fingerprint density at radius 3 is 2.71 bits per heavy atom. The molecule has 0 saturated heterocycles. The van der Waals surface area contributed by atoms with E-state index in [-0.39, 0.29) is 5.69 Å². The Kier molecular flexibility index (Phi) is 4.81. The molecule has 0 atom stereocenters. The lowest BCUT2D eigenvalue weighted by atomic mass is 10.2. The first-order valence-electron chi connectivity index (χ1n) is 8.15. The van der Waals surface area contributed by atoms with E-state index in [1.54, 1.807) is 54.6 Å². The number of oxazole rings is 1. The second kappa shape index (κ2) is 7.42. The molecule has 0 fully saturated rings. The number of aliphatic imine (C=N–C) groups is 1. The third-order valence-corrected chi connectivity index (χ3v) is 4.58. The lowest BCUT2D eigenvalue weighted by Gasteiger charge is -1.99. The number of hydrogen-bond donors (Lipinski definition) is 0. The van der Waals surface area contributed by atoms with E-state index in [0.717, 1.165) is 0 Å². The first kappa shape index (κ1) is 18.2. The van der Waals surface area contributed by atoms with Gasteiger partial charge in [-0.15, -0.1) is 0 Å². The number of aromatic nitrogens is 1. The van der Waals surface area contributed by atoms with Crippen LogP contribution in [0, 0.1) is 10.1 Å². The molecule has 0 spiro atoms. The highest BCUT2D eigenvalue weighted by atomic mass is 35.5. The third-order valence-electron chi connectivity index (χ3n) is 4.02. The average molecular weight is 412 g/mol. The molecule has 0 aliphatic heterocycles. The number of para-hydroxylation sites is 1. The van der Waals surface area contributed by atoms with Crippen molar-refractivity contribution < 1.29 is 9.34 Å². The Labute approximate surface area is 169 Å². The number of fused-ring (bicyclic) bond motifs is 1. The van der Waals surface area contributed by atoms with Gasteiger partial charge in [0.25, 0.3) is 5.69 Å². The second-order valence-corrected chi connectivity index (χ2v) is 6.71. The van der Waals surface area contributed by atoms with Crippen molar-refractivity contribution in [2.24, 2.45) is 4.99 Å². The van der Waals surface area contributed by atoms with Gasteiger partial charge in [0.2, 0.25) is 5.89 Å². The van der Waals surface area contributed by atoms with E-state index in [2.05, 4.69) is 9.98 Å². The van der Waals surface area contributed by atoms with Crippen molar-refractivity contribution in [3.8, 4) is 11.5 Å². The number of nitro benzene ring substituents is 1. The van der Waals surface area contributed by atoms with Crippen LogP contribution in [0.1, 0.15) is 5.56 Å². The van der Waals surface area contributed by atoms with Gasteiger partial charge in [0.15, 0.2) is 5.58 Å². The summed E-state index contributed by atoms with van der Waals surface area (Å²) in [5, 5.41) is 12.1. The fourth-order valence-electron chi connectivity index (χ4n) is 2.68. The molecule has 0 aliphatic rings. The van der Waals surface area contributed by atoms with Gasteiger partial charge in [-0.2, -0.15) is 0 Å². The summed E-state index contributed by atoms with van der Waals surface area (Å²) in [6.45, 7) is 0. The lowest BCUT2D eigenvalue weighted by Crippen LogP contribution is -1.93. The van der Waals surface area contributed by atoms with E-state index < -0.39 is 4.92 Å². The highest BCUT2D eigenvalue weighted by Gasteiger charge is 2.13. The van der Waals surface area contributed by atoms with Crippen LogP contribution in [0.5, 0.6) is 0 Å². The van der Waals surface area contributed by atoms with Crippen LogP contribution in [0.3, 0.4) is 0 Å². The standard InChI is InChI=1S/C20H11Cl2N3O3/c21-13-5-7-16(22)15(9-13)20-24-17-10-14(6-8-19(17)28-20)23-11-12-3-1-2-4-18(12)25(26)27/h1-11H. The summed E-state index contributed by atoms with van der Waals surface area (Å²) in [5.74, 6) is 0.349. The van der Waals surface area contributed by atoms with Gasteiger partial charge in [-0.3, -0.25) is 15.1 Å². The van der Waals surface area contributed by atoms with Gasteiger partial charge in [0.05, 0.1) is 26.8 Å². The average Bonchev–Trinajstić information content (AvgIpc) is 3.11. The maximum atomic E-state index is 11.1. The van der Waals surface area contributed by atoms with Crippen LogP contribution in [-0.2, 0) is 0 Å². The van der Waals surface area contributed by atoms with Crippen LogP contribution in [0.15, 0.2) is 70.1 Å². The minimum absolute atomic E-state index is 0.00773. The Morgan fingerprint density at radius 2 is 1.89 bits per heavy atom. The van der Waals surface area contributed by atoms with Crippen molar-refractivity contribution >= 4 is 51.9 Å². The number of nitrogens with zero attached hydrogens (tertiary/aromatic N) is 3. The highest BCUT2D eigenvalue weighted by molar-refractivity contribution is 6.35. The molecule has 28 heavy (non-hydrogen) atoms. The van der Waals surface area contributed by atoms with E-state index >= 15 is 0 Å². The van der Waals surface area contributed by atoms with Gasteiger partial charge in [0, 0.05) is 17.3 Å². The topological polar surface area (TPSA) is 81.5 Å². The number of halogens is 2. The van der Waals surface area contributed by atoms with Gasteiger partial charge >= 0.3 is 0 Å². The summed E-state index contributed by atoms with van der Waals surface area (Å²) in [4.78, 5) is 19.4. The van der Waals surface area contributed by atoms with E-state index in [9.17, 15) is 10.1 Å². The lowest BCUT2D eigenvalue weighted by molar-refractivity contribution is -0.385. The molecule has 1 heterocycles. The zero-order valence-electron chi connectivity index (χ0n) is 14.2. The van der Waals surface area contributed by atoms with Gasteiger partial charge in [-0.25, -0.2) is 4.98 Å². The molecule has 4 aromatic rings. The minimum atomic E-state index is -0.441. The van der Waals surface area contributed by atoms with Gasteiger partial charge in [-0.1, -0.05) is 35.3 Å². The van der Waals surface area contributed by atoms with Crippen molar-refractivity contribution in [1.29, 1.82) is 0 Å². The summed E-state index contributed by atoms with van der Waals surface area (Å²) in [5.41, 5.74) is 2.74. The van der Waals surface area contributed by atoms with Crippen LogP contribution in [0.2, 0.25) is 10.0 Å². The molecule has 1 aromatic heterocycles. The molecule has 0 amide bonds. The van der Waals surface area contributed by atoms with Crippen LogP contribution in [-0.4, -0.2) is 16.1 Å². The molecule has 3 aromatic carbocycles. The van der Waals surface area contributed by atoms with E-state index in [0.29, 0.717) is 43.9 Å². The number of nitro groups is 1. The molecule has 8 heteroatoms. The predicted octanol–water partition coefficient (Wildman–Crippen LogP) is 6.46. The van der Waals surface area contributed by atoms with Crippen LogP contribution >= 0.6 is 23.2 Å². The molecule has 0 saturated carbocycles. The quantitative estimate of drug-likeness (QED) is 0.219. The van der Waals surface area contributed by atoms with Crippen LogP contribution < -0.4 is 0 Å². The number of hydrogen-bond acceptors (Lipinski definition) is 5. The maximum absolute atomic E-state index is 11.1. The molecule has 0 unspecified atom stereocenters. The van der Waals surface area contributed by atoms with Crippen molar-refractivity contribution in [3.05, 3.63) is 86.4 Å². The molecule has 0 N–H and O–H groups in total. The molecule has 0 aliphatic carbocycles. The summed E-state index contributed by atoms with van der Waals surface area (Å²) in [6.07, 6.45) is 1.45. The van der Waals surface area contributed by atoms with Crippen molar-refractivity contribution in [3.63, 3.8) is 0 Å². The smallest absolute Gasteiger partial charge is 0.278 e. The Bertz CT molecular complexity index is 1230.